The topological polar surface area (TPSA) is 67.4 Å². The van der Waals surface area contributed by atoms with Gasteiger partial charge in [0, 0.05) is 6.04 Å². The highest BCUT2D eigenvalue weighted by molar-refractivity contribution is 6.01. The van der Waals surface area contributed by atoms with Crippen LogP contribution in [0.25, 0.3) is 0 Å². The van der Waals surface area contributed by atoms with Crippen molar-refractivity contribution in [2.24, 2.45) is 0 Å². The van der Waals surface area contributed by atoms with Gasteiger partial charge in [-0.25, -0.2) is 4.79 Å². The lowest BCUT2D eigenvalue weighted by Crippen LogP contribution is -2.30. The van der Waals surface area contributed by atoms with Crippen molar-refractivity contribution in [1.29, 1.82) is 0 Å². The molecular weight excluding hydrogens is 304 g/mol. The van der Waals surface area contributed by atoms with Crippen LogP contribution < -0.4 is 10.6 Å². The maximum absolute atomic E-state index is 12.2. The molecule has 0 spiro atoms. The predicted octanol–water partition coefficient (Wildman–Crippen LogP) is 3.15. The van der Waals surface area contributed by atoms with E-state index in [2.05, 4.69) is 10.6 Å². The highest BCUT2D eigenvalue weighted by Gasteiger charge is 2.14. The van der Waals surface area contributed by atoms with Gasteiger partial charge in [-0.05, 0) is 31.5 Å². The Morgan fingerprint density at radius 2 is 1.71 bits per heavy atom. The molecular formula is C19H22N2O3. The van der Waals surface area contributed by atoms with Crippen molar-refractivity contribution < 1.29 is 14.3 Å². The first-order valence-electron chi connectivity index (χ1n) is 7.96. The molecule has 0 fully saturated rings. The smallest absolute Gasteiger partial charge is 0.340 e. The number of anilines is 1. The van der Waals surface area contributed by atoms with Crippen LogP contribution in [0.2, 0.25) is 0 Å². The molecule has 5 nitrogen and oxygen atoms in total. The van der Waals surface area contributed by atoms with Gasteiger partial charge in [-0.1, -0.05) is 42.5 Å². The van der Waals surface area contributed by atoms with Gasteiger partial charge in [0.2, 0.25) is 5.91 Å². The van der Waals surface area contributed by atoms with Gasteiger partial charge in [-0.15, -0.1) is 0 Å². The number of esters is 1. The van der Waals surface area contributed by atoms with Gasteiger partial charge in [-0.3, -0.25) is 4.79 Å². The SMILES string of the molecule is CCOC(=O)c1ccccc1NC(=O)CN[C@@H](C)c1ccccc1. The summed E-state index contributed by atoms with van der Waals surface area (Å²) in [6, 6.07) is 16.8. The van der Waals surface area contributed by atoms with Crippen LogP contribution in [0.3, 0.4) is 0 Å². The molecule has 0 saturated carbocycles. The van der Waals surface area contributed by atoms with E-state index in [9.17, 15) is 9.59 Å². The number of carbonyl (C=O) groups excluding carboxylic acids is 2. The second-order valence-electron chi connectivity index (χ2n) is 5.33. The van der Waals surface area contributed by atoms with Crippen molar-refractivity contribution in [2.75, 3.05) is 18.5 Å². The minimum absolute atomic E-state index is 0.0530. The molecule has 5 heteroatoms. The van der Waals surface area contributed by atoms with Crippen LogP contribution in [0, 0.1) is 0 Å². The Balaban J connectivity index is 1.94. The Bertz CT molecular complexity index is 686. The third-order valence-corrected chi connectivity index (χ3v) is 3.56. The first kappa shape index (κ1) is 17.7. The molecule has 1 atom stereocenters. The van der Waals surface area contributed by atoms with Gasteiger partial charge >= 0.3 is 5.97 Å². The van der Waals surface area contributed by atoms with Crippen molar-refractivity contribution in [3.8, 4) is 0 Å². The molecule has 0 aliphatic rings. The number of ether oxygens (including phenoxy) is 1. The number of para-hydroxylation sites is 1. The van der Waals surface area contributed by atoms with Crippen LogP contribution in [0.4, 0.5) is 5.69 Å². The number of nitrogens with one attached hydrogen (secondary N) is 2. The van der Waals surface area contributed by atoms with E-state index in [-0.39, 0.29) is 25.1 Å². The van der Waals surface area contributed by atoms with Crippen molar-refractivity contribution in [3.63, 3.8) is 0 Å². The molecule has 2 rings (SSSR count). The van der Waals surface area contributed by atoms with E-state index in [0.717, 1.165) is 5.56 Å². The van der Waals surface area contributed by atoms with Gasteiger partial charge in [0.1, 0.15) is 0 Å². The average molecular weight is 326 g/mol. The monoisotopic (exact) mass is 326 g/mol. The third kappa shape index (κ3) is 4.93. The number of hydrogen-bond donors (Lipinski definition) is 2. The lowest BCUT2D eigenvalue weighted by Gasteiger charge is -2.15. The van der Waals surface area contributed by atoms with E-state index < -0.39 is 5.97 Å². The van der Waals surface area contributed by atoms with E-state index in [1.807, 2.05) is 37.3 Å². The molecule has 126 valence electrons. The molecule has 2 aromatic carbocycles. The van der Waals surface area contributed by atoms with Crippen molar-refractivity contribution in [3.05, 3.63) is 65.7 Å². The molecule has 1 amide bonds. The summed E-state index contributed by atoms with van der Waals surface area (Å²) in [7, 11) is 0. The minimum Gasteiger partial charge on any atom is -0.462 e. The number of benzene rings is 2. The third-order valence-electron chi connectivity index (χ3n) is 3.56. The molecule has 2 aromatic rings. The van der Waals surface area contributed by atoms with Crippen LogP contribution in [0.15, 0.2) is 54.6 Å². The molecule has 0 saturated heterocycles. The highest BCUT2D eigenvalue weighted by Crippen LogP contribution is 2.16. The molecule has 0 aromatic heterocycles. The highest BCUT2D eigenvalue weighted by atomic mass is 16.5. The zero-order valence-electron chi connectivity index (χ0n) is 13.9. The summed E-state index contributed by atoms with van der Waals surface area (Å²) in [5, 5.41) is 5.92. The van der Waals surface area contributed by atoms with Gasteiger partial charge < -0.3 is 15.4 Å². The van der Waals surface area contributed by atoms with Crippen LogP contribution in [-0.2, 0) is 9.53 Å². The van der Waals surface area contributed by atoms with E-state index >= 15 is 0 Å². The summed E-state index contributed by atoms with van der Waals surface area (Å²) >= 11 is 0. The average Bonchev–Trinajstić information content (AvgIpc) is 2.61. The lowest BCUT2D eigenvalue weighted by molar-refractivity contribution is -0.115. The van der Waals surface area contributed by atoms with Crippen molar-refractivity contribution in [2.45, 2.75) is 19.9 Å². The molecule has 24 heavy (non-hydrogen) atoms. The summed E-state index contributed by atoms with van der Waals surface area (Å²) in [5.74, 6) is -0.659. The first-order valence-corrected chi connectivity index (χ1v) is 7.96. The summed E-state index contributed by atoms with van der Waals surface area (Å²) < 4.78 is 5.00. The van der Waals surface area contributed by atoms with Gasteiger partial charge in [-0.2, -0.15) is 0 Å². The van der Waals surface area contributed by atoms with Crippen LogP contribution in [0.5, 0.6) is 0 Å². The Hall–Kier alpha value is -2.66. The second kappa shape index (κ2) is 8.84. The zero-order chi connectivity index (χ0) is 17.4. The molecule has 0 radical (unpaired) electrons. The molecule has 0 unspecified atom stereocenters. The van der Waals surface area contributed by atoms with Crippen LogP contribution >= 0.6 is 0 Å². The van der Waals surface area contributed by atoms with E-state index in [0.29, 0.717) is 11.3 Å². The Morgan fingerprint density at radius 1 is 1.04 bits per heavy atom. The summed E-state index contributed by atoms with van der Waals surface area (Å²) in [6.45, 7) is 4.17. The Morgan fingerprint density at radius 3 is 2.42 bits per heavy atom. The standard InChI is InChI=1S/C19H22N2O3/c1-3-24-19(23)16-11-7-8-12-17(16)21-18(22)13-20-14(2)15-9-5-4-6-10-15/h4-12,14,20H,3,13H2,1-2H3,(H,21,22)/t14-/m0/s1. The fourth-order valence-corrected chi connectivity index (χ4v) is 2.28. The molecule has 0 heterocycles. The van der Waals surface area contributed by atoms with Crippen LogP contribution in [-0.4, -0.2) is 25.0 Å². The number of rotatable bonds is 7. The normalized spacial score (nSPS) is 11.6. The zero-order valence-corrected chi connectivity index (χ0v) is 13.9. The van der Waals surface area contributed by atoms with Gasteiger partial charge in [0.25, 0.3) is 0 Å². The Kier molecular flexibility index (Phi) is 6.51. The summed E-state index contributed by atoms with van der Waals surface area (Å²) in [4.78, 5) is 24.1. The maximum Gasteiger partial charge on any atom is 0.340 e. The minimum atomic E-state index is -0.445. The largest absolute Gasteiger partial charge is 0.462 e. The van der Waals surface area contributed by atoms with E-state index in [1.165, 1.54) is 0 Å². The van der Waals surface area contributed by atoms with Gasteiger partial charge in [0.15, 0.2) is 0 Å². The summed E-state index contributed by atoms with van der Waals surface area (Å²) in [6.07, 6.45) is 0. The Labute approximate surface area is 142 Å². The van der Waals surface area contributed by atoms with Crippen molar-refractivity contribution in [1.82, 2.24) is 5.32 Å². The molecule has 0 aliphatic heterocycles. The second-order valence-corrected chi connectivity index (χ2v) is 5.33. The van der Waals surface area contributed by atoms with Crippen molar-refractivity contribution >= 4 is 17.6 Å². The first-order chi connectivity index (χ1) is 11.6. The molecule has 0 aliphatic carbocycles. The lowest BCUT2D eigenvalue weighted by atomic mass is 10.1. The molecule has 2 N–H and O–H groups in total. The predicted molar refractivity (Wildman–Crippen MR) is 93.9 cm³/mol. The quantitative estimate of drug-likeness (QED) is 0.767. The van der Waals surface area contributed by atoms with Crippen LogP contribution in [0.1, 0.15) is 35.8 Å². The fourth-order valence-electron chi connectivity index (χ4n) is 2.28. The van der Waals surface area contributed by atoms with E-state index in [1.54, 1.807) is 31.2 Å². The maximum atomic E-state index is 12.2. The van der Waals surface area contributed by atoms with Gasteiger partial charge in [0.05, 0.1) is 24.4 Å². The summed E-state index contributed by atoms with van der Waals surface area (Å²) in [5.41, 5.74) is 1.91. The van der Waals surface area contributed by atoms with E-state index in [4.69, 9.17) is 4.74 Å². The number of amides is 1. The number of hydrogen-bond acceptors (Lipinski definition) is 4. The fraction of sp³-hybridized carbons (Fsp3) is 0.263. The number of carbonyl (C=O) groups is 2. The molecule has 0 bridgehead atoms.